The molecule has 0 radical (unpaired) electrons. The van der Waals surface area contributed by atoms with Crippen molar-refractivity contribution in [1.82, 2.24) is 16.0 Å². The van der Waals surface area contributed by atoms with Gasteiger partial charge in [0.1, 0.15) is 24.2 Å². The summed E-state index contributed by atoms with van der Waals surface area (Å²) in [6.45, 7) is 4.94. The summed E-state index contributed by atoms with van der Waals surface area (Å²) in [5.41, 5.74) is 11.5. The third-order valence-electron chi connectivity index (χ3n) is 5.10. The molecule has 12 nitrogen and oxygen atoms in total. The number of hydrogen-bond acceptors (Lipinski definition) is 7. The Morgan fingerprint density at radius 3 is 1.86 bits per heavy atom. The van der Waals surface area contributed by atoms with E-state index in [0.717, 1.165) is 5.56 Å². The van der Waals surface area contributed by atoms with Gasteiger partial charge in [0.15, 0.2) is 0 Å². The molecular formula is C23H35N5O7. The van der Waals surface area contributed by atoms with Gasteiger partial charge in [-0.2, -0.15) is 0 Å². The molecule has 5 unspecified atom stereocenters. The van der Waals surface area contributed by atoms with E-state index in [0.29, 0.717) is 0 Å². The van der Waals surface area contributed by atoms with Crippen LogP contribution in [0.4, 0.5) is 0 Å². The summed E-state index contributed by atoms with van der Waals surface area (Å²) in [4.78, 5) is 61.0. The fourth-order valence-electron chi connectivity index (χ4n) is 3.19. The topological polar surface area (TPSA) is 214 Å². The maximum atomic E-state index is 13.2. The Kier molecular flexibility index (Phi) is 11.8. The number of hydrogen-bond donors (Lipinski definition) is 7. The van der Waals surface area contributed by atoms with E-state index in [-0.39, 0.29) is 18.8 Å². The van der Waals surface area contributed by atoms with E-state index in [1.807, 2.05) is 0 Å². The summed E-state index contributed by atoms with van der Waals surface area (Å²) in [5, 5.41) is 26.2. The van der Waals surface area contributed by atoms with Crippen LogP contribution < -0.4 is 27.4 Å². The van der Waals surface area contributed by atoms with Crippen molar-refractivity contribution in [3.05, 3.63) is 35.9 Å². The first-order valence-electron chi connectivity index (χ1n) is 11.2. The quantitative estimate of drug-likeness (QED) is 0.160. The summed E-state index contributed by atoms with van der Waals surface area (Å²) in [7, 11) is 0. The molecule has 5 atom stereocenters. The number of carbonyl (C=O) groups excluding carboxylic acids is 4. The minimum absolute atomic E-state index is 0.0698. The highest BCUT2D eigenvalue weighted by Gasteiger charge is 2.32. The van der Waals surface area contributed by atoms with E-state index in [4.69, 9.17) is 11.5 Å². The first-order valence-corrected chi connectivity index (χ1v) is 11.2. The maximum absolute atomic E-state index is 13.2. The number of carbonyl (C=O) groups is 5. The van der Waals surface area contributed by atoms with Crippen molar-refractivity contribution in [1.29, 1.82) is 0 Å². The Bertz CT molecular complexity index is 892. The van der Waals surface area contributed by atoms with Crippen LogP contribution in [0.1, 0.15) is 39.2 Å². The molecule has 35 heavy (non-hydrogen) atoms. The fraction of sp³-hybridized carbons (Fsp3) is 0.522. The minimum Gasteiger partial charge on any atom is -0.480 e. The third kappa shape index (κ3) is 10.5. The van der Waals surface area contributed by atoms with E-state index >= 15 is 0 Å². The SMILES string of the molecule is CC(C)CC(NC(=O)C(Cc1ccccc1)NC(=O)C(N)C(C)O)C(=O)NC(CC(N)=O)C(=O)O. The zero-order chi connectivity index (χ0) is 26.7. The van der Waals surface area contributed by atoms with Crippen molar-refractivity contribution < 1.29 is 34.2 Å². The smallest absolute Gasteiger partial charge is 0.326 e. The zero-order valence-corrected chi connectivity index (χ0v) is 20.1. The number of nitrogens with two attached hydrogens (primary N) is 2. The average Bonchev–Trinajstić information content (AvgIpc) is 2.76. The van der Waals surface area contributed by atoms with Crippen molar-refractivity contribution >= 4 is 29.6 Å². The number of primary amides is 1. The predicted molar refractivity (Wildman–Crippen MR) is 126 cm³/mol. The highest BCUT2D eigenvalue weighted by Crippen LogP contribution is 2.09. The van der Waals surface area contributed by atoms with Crippen molar-refractivity contribution in [2.75, 3.05) is 0 Å². The van der Waals surface area contributed by atoms with Gasteiger partial charge in [0.2, 0.25) is 23.6 Å². The molecule has 12 heteroatoms. The van der Waals surface area contributed by atoms with Gasteiger partial charge >= 0.3 is 5.97 Å². The van der Waals surface area contributed by atoms with Crippen LogP contribution in [-0.2, 0) is 30.4 Å². The van der Waals surface area contributed by atoms with E-state index in [1.54, 1.807) is 44.2 Å². The van der Waals surface area contributed by atoms with Gasteiger partial charge < -0.3 is 37.6 Å². The van der Waals surface area contributed by atoms with Crippen LogP contribution >= 0.6 is 0 Å². The lowest BCUT2D eigenvalue weighted by molar-refractivity contribution is -0.144. The van der Waals surface area contributed by atoms with Gasteiger partial charge in [0.25, 0.3) is 0 Å². The summed E-state index contributed by atoms with van der Waals surface area (Å²) in [6, 6.07) is 3.67. The lowest BCUT2D eigenvalue weighted by atomic mass is 10.00. The number of aliphatic hydroxyl groups excluding tert-OH is 1. The van der Waals surface area contributed by atoms with Gasteiger partial charge in [-0.15, -0.1) is 0 Å². The van der Waals surface area contributed by atoms with Gasteiger partial charge in [-0.05, 0) is 24.8 Å². The van der Waals surface area contributed by atoms with Crippen molar-refractivity contribution in [2.24, 2.45) is 17.4 Å². The van der Waals surface area contributed by atoms with E-state index in [2.05, 4.69) is 16.0 Å². The largest absolute Gasteiger partial charge is 0.480 e. The van der Waals surface area contributed by atoms with E-state index in [1.165, 1.54) is 6.92 Å². The Morgan fingerprint density at radius 2 is 1.37 bits per heavy atom. The fourth-order valence-corrected chi connectivity index (χ4v) is 3.19. The molecule has 0 aliphatic rings. The van der Waals surface area contributed by atoms with Crippen LogP contribution in [-0.4, -0.2) is 70.1 Å². The van der Waals surface area contributed by atoms with E-state index in [9.17, 15) is 34.2 Å². The number of carboxylic acid groups (broad SMARTS) is 1. The van der Waals surface area contributed by atoms with Crippen molar-refractivity contribution in [2.45, 2.75) is 70.3 Å². The predicted octanol–water partition coefficient (Wildman–Crippen LogP) is -1.60. The van der Waals surface area contributed by atoms with Gasteiger partial charge in [-0.1, -0.05) is 44.2 Å². The number of aliphatic carboxylic acids is 1. The van der Waals surface area contributed by atoms with Crippen molar-refractivity contribution in [3.63, 3.8) is 0 Å². The van der Waals surface area contributed by atoms with Gasteiger partial charge in [-0.3, -0.25) is 19.2 Å². The Balaban J connectivity index is 3.11. The molecular weight excluding hydrogens is 458 g/mol. The molecule has 0 fully saturated rings. The molecule has 0 aliphatic heterocycles. The van der Waals surface area contributed by atoms with Gasteiger partial charge in [0.05, 0.1) is 12.5 Å². The summed E-state index contributed by atoms with van der Waals surface area (Å²) in [6.07, 6.45) is -1.55. The average molecular weight is 494 g/mol. The van der Waals surface area contributed by atoms with Crippen LogP contribution in [0, 0.1) is 5.92 Å². The molecule has 0 spiro atoms. The van der Waals surface area contributed by atoms with Crippen LogP contribution in [0.3, 0.4) is 0 Å². The number of aliphatic hydroxyl groups is 1. The van der Waals surface area contributed by atoms with Crippen LogP contribution in [0.5, 0.6) is 0 Å². The maximum Gasteiger partial charge on any atom is 0.326 e. The molecule has 0 heterocycles. The normalized spacial score (nSPS) is 15.3. The molecule has 194 valence electrons. The first kappa shape index (κ1) is 29.5. The van der Waals surface area contributed by atoms with Crippen LogP contribution in [0.25, 0.3) is 0 Å². The molecule has 0 aliphatic carbocycles. The summed E-state index contributed by atoms with van der Waals surface area (Å²) in [5.74, 6) is -4.71. The van der Waals surface area contributed by atoms with Gasteiger partial charge in [-0.25, -0.2) is 4.79 Å². The van der Waals surface area contributed by atoms with Crippen molar-refractivity contribution in [3.8, 4) is 0 Å². The highest BCUT2D eigenvalue weighted by atomic mass is 16.4. The second-order valence-electron chi connectivity index (χ2n) is 8.78. The number of amides is 4. The number of carboxylic acids is 1. The second kappa shape index (κ2) is 14.0. The first-order chi connectivity index (χ1) is 16.3. The summed E-state index contributed by atoms with van der Waals surface area (Å²) >= 11 is 0. The Morgan fingerprint density at radius 1 is 0.857 bits per heavy atom. The lowest BCUT2D eigenvalue weighted by Gasteiger charge is -2.26. The van der Waals surface area contributed by atoms with Gasteiger partial charge in [0, 0.05) is 6.42 Å². The Hall–Kier alpha value is -3.51. The monoisotopic (exact) mass is 493 g/mol. The number of rotatable bonds is 14. The molecule has 0 saturated heterocycles. The zero-order valence-electron chi connectivity index (χ0n) is 20.1. The number of benzene rings is 1. The molecule has 0 saturated carbocycles. The molecule has 0 aromatic heterocycles. The molecule has 1 rings (SSSR count). The third-order valence-corrected chi connectivity index (χ3v) is 5.10. The molecule has 9 N–H and O–H groups in total. The lowest BCUT2D eigenvalue weighted by Crippen LogP contribution is -2.59. The summed E-state index contributed by atoms with van der Waals surface area (Å²) < 4.78 is 0. The molecule has 4 amide bonds. The molecule has 1 aromatic carbocycles. The van der Waals surface area contributed by atoms with Crippen LogP contribution in [0.2, 0.25) is 0 Å². The number of nitrogens with one attached hydrogen (secondary N) is 3. The second-order valence-corrected chi connectivity index (χ2v) is 8.78. The van der Waals surface area contributed by atoms with Crippen LogP contribution in [0.15, 0.2) is 30.3 Å². The highest BCUT2D eigenvalue weighted by molar-refractivity contribution is 5.95. The Labute approximate surface area is 203 Å². The molecule has 1 aromatic rings. The standard InChI is InChI=1S/C23H35N5O7/c1-12(2)9-15(20(31)28-17(23(34)35)11-18(24)30)26-21(32)16(10-14-7-5-4-6-8-14)27-22(33)19(25)13(3)29/h4-8,12-13,15-17,19,29H,9-11,25H2,1-3H3,(H2,24,30)(H,26,32)(H,27,33)(H,28,31)(H,34,35). The molecule has 0 bridgehead atoms. The minimum atomic E-state index is -1.56. The van der Waals surface area contributed by atoms with E-state index < -0.39 is 66.3 Å².